The van der Waals surface area contributed by atoms with Gasteiger partial charge in [0.05, 0.1) is 28.3 Å². The van der Waals surface area contributed by atoms with Crippen LogP contribution < -0.4 is 10.1 Å². The second-order valence-electron chi connectivity index (χ2n) is 5.83. The van der Waals surface area contributed by atoms with Gasteiger partial charge in [0.25, 0.3) is 17.5 Å². The number of hydrogen-bond donors (Lipinski definition) is 1. The Morgan fingerprint density at radius 1 is 1.31 bits per heavy atom. The number of fused-ring (bicyclic) bond motifs is 1. The number of rotatable bonds is 5. The lowest BCUT2D eigenvalue weighted by Gasteiger charge is -2.06. The van der Waals surface area contributed by atoms with E-state index in [0.29, 0.717) is 10.7 Å². The summed E-state index contributed by atoms with van der Waals surface area (Å²) in [6.07, 6.45) is 0. The van der Waals surface area contributed by atoms with Crippen molar-refractivity contribution in [2.24, 2.45) is 0 Å². The van der Waals surface area contributed by atoms with Gasteiger partial charge in [0.15, 0.2) is 0 Å². The topological polar surface area (TPSA) is 112 Å². The first-order valence-electron chi connectivity index (χ1n) is 8.21. The van der Waals surface area contributed by atoms with Crippen LogP contribution in [0.5, 0.6) is 5.75 Å². The fraction of sp³-hybridized carbons (Fsp3) is 0.0556. The highest BCUT2D eigenvalue weighted by molar-refractivity contribution is 7.15. The Hall–Kier alpha value is -3.50. The molecule has 0 aliphatic carbocycles. The van der Waals surface area contributed by atoms with Crippen molar-refractivity contribution in [2.75, 3.05) is 12.4 Å². The predicted octanol–water partition coefficient (Wildman–Crippen LogP) is 4.28. The van der Waals surface area contributed by atoms with Gasteiger partial charge in [-0.05, 0) is 18.2 Å². The minimum atomic E-state index is -0.643. The zero-order chi connectivity index (χ0) is 20.5. The SMILES string of the molecule is COc1ccccc1-c1csc2nc(NC(=O)c3cc([N+](=O)[O-])ccc3Cl)nn12. The molecule has 0 saturated heterocycles. The average Bonchev–Trinajstić information content (AvgIpc) is 3.28. The summed E-state index contributed by atoms with van der Waals surface area (Å²) in [6, 6.07) is 11.1. The molecule has 4 aromatic rings. The predicted molar refractivity (Wildman–Crippen MR) is 109 cm³/mol. The maximum Gasteiger partial charge on any atom is 0.270 e. The lowest BCUT2D eigenvalue weighted by Crippen LogP contribution is -2.14. The lowest BCUT2D eigenvalue weighted by atomic mass is 10.1. The molecular formula is C18H12ClN5O4S. The number of thiazole rings is 1. The monoisotopic (exact) mass is 429 g/mol. The Morgan fingerprint density at radius 3 is 2.86 bits per heavy atom. The number of nitrogens with one attached hydrogen (secondary N) is 1. The number of nitrogens with zero attached hydrogens (tertiary/aromatic N) is 4. The van der Waals surface area contributed by atoms with E-state index in [1.54, 1.807) is 11.6 Å². The number of non-ortho nitro benzene ring substituents is 1. The minimum absolute atomic E-state index is 0.0380. The van der Waals surface area contributed by atoms with E-state index in [1.165, 1.54) is 23.5 Å². The van der Waals surface area contributed by atoms with Crippen molar-refractivity contribution < 1.29 is 14.5 Å². The van der Waals surface area contributed by atoms with Crippen molar-refractivity contribution in [3.8, 4) is 17.0 Å². The van der Waals surface area contributed by atoms with E-state index in [1.807, 2.05) is 29.6 Å². The highest BCUT2D eigenvalue weighted by Crippen LogP contribution is 2.32. The summed E-state index contributed by atoms with van der Waals surface area (Å²) in [6.45, 7) is 0. The molecule has 2 aromatic heterocycles. The molecule has 0 unspecified atom stereocenters. The van der Waals surface area contributed by atoms with Gasteiger partial charge in [-0.1, -0.05) is 23.7 Å². The molecular weight excluding hydrogens is 418 g/mol. The summed E-state index contributed by atoms with van der Waals surface area (Å²) in [5.74, 6) is 0.0908. The first kappa shape index (κ1) is 18.8. The van der Waals surface area contributed by atoms with Gasteiger partial charge in [-0.25, -0.2) is 4.52 Å². The molecule has 9 nitrogen and oxygen atoms in total. The van der Waals surface area contributed by atoms with Crippen LogP contribution in [-0.2, 0) is 0 Å². The fourth-order valence-electron chi connectivity index (χ4n) is 2.75. The summed E-state index contributed by atoms with van der Waals surface area (Å²) in [5, 5.41) is 19.8. The zero-order valence-electron chi connectivity index (χ0n) is 14.8. The van der Waals surface area contributed by atoms with Gasteiger partial charge >= 0.3 is 0 Å². The summed E-state index contributed by atoms with van der Waals surface area (Å²) in [5.41, 5.74) is 1.30. The van der Waals surface area contributed by atoms with E-state index in [-0.39, 0.29) is 22.2 Å². The highest BCUT2D eigenvalue weighted by atomic mass is 35.5. The smallest absolute Gasteiger partial charge is 0.270 e. The molecule has 4 rings (SSSR count). The van der Waals surface area contributed by atoms with Crippen molar-refractivity contribution in [1.82, 2.24) is 14.6 Å². The molecule has 146 valence electrons. The van der Waals surface area contributed by atoms with Crippen LogP contribution in [-0.4, -0.2) is 32.5 Å². The molecule has 0 aliphatic rings. The van der Waals surface area contributed by atoms with Crippen molar-refractivity contribution in [2.45, 2.75) is 0 Å². The maximum atomic E-state index is 12.5. The fourth-order valence-corrected chi connectivity index (χ4v) is 3.77. The van der Waals surface area contributed by atoms with Gasteiger partial charge in [0.1, 0.15) is 5.75 Å². The molecule has 2 aromatic carbocycles. The van der Waals surface area contributed by atoms with Gasteiger partial charge in [-0.3, -0.25) is 20.2 Å². The maximum absolute atomic E-state index is 12.5. The molecule has 11 heteroatoms. The first-order chi connectivity index (χ1) is 14.0. The Morgan fingerprint density at radius 2 is 2.10 bits per heavy atom. The summed E-state index contributed by atoms with van der Waals surface area (Å²) >= 11 is 7.37. The molecule has 1 amide bonds. The standard InChI is InChI=1S/C18H12ClN5O4S/c1-28-15-5-3-2-4-11(15)14-9-29-18-21-17(22-23(14)18)20-16(25)12-8-10(24(26)27)6-7-13(12)19/h2-9H,1H3,(H,20,22,25). The van der Waals surface area contributed by atoms with Crippen LogP contribution in [0.25, 0.3) is 16.2 Å². The molecule has 0 atom stereocenters. The number of anilines is 1. The van der Waals surface area contributed by atoms with Crippen LogP contribution in [0.4, 0.5) is 11.6 Å². The van der Waals surface area contributed by atoms with Crippen LogP contribution in [0.1, 0.15) is 10.4 Å². The van der Waals surface area contributed by atoms with Gasteiger partial charge in [0, 0.05) is 23.1 Å². The molecule has 0 fully saturated rings. The second-order valence-corrected chi connectivity index (χ2v) is 7.07. The summed E-state index contributed by atoms with van der Waals surface area (Å²) < 4.78 is 6.99. The number of amides is 1. The molecule has 0 radical (unpaired) electrons. The van der Waals surface area contributed by atoms with Crippen LogP contribution in [0, 0.1) is 10.1 Å². The van der Waals surface area contributed by atoms with E-state index >= 15 is 0 Å². The molecule has 1 N–H and O–H groups in total. The van der Waals surface area contributed by atoms with Crippen LogP contribution in [0.15, 0.2) is 47.8 Å². The third kappa shape index (κ3) is 3.50. The Bertz CT molecular complexity index is 1250. The number of ether oxygens (including phenoxy) is 1. The van der Waals surface area contributed by atoms with Crippen molar-refractivity contribution in [3.63, 3.8) is 0 Å². The number of nitro benzene ring substituents is 1. The van der Waals surface area contributed by atoms with E-state index in [0.717, 1.165) is 17.3 Å². The number of carbonyl (C=O) groups is 1. The number of methoxy groups -OCH3 is 1. The van der Waals surface area contributed by atoms with Crippen LogP contribution >= 0.6 is 22.9 Å². The third-order valence-corrected chi connectivity index (χ3v) is 5.24. The van der Waals surface area contributed by atoms with E-state index < -0.39 is 10.8 Å². The molecule has 0 spiro atoms. The number of carbonyl (C=O) groups excluding carboxylic acids is 1. The number of benzene rings is 2. The van der Waals surface area contributed by atoms with Crippen LogP contribution in [0.3, 0.4) is 0 Å². The van der Waals surface area contributed by atoms with Crippen molar-refractivity contribution in [1.29, 1.82) is 0 Å². The number of nitro groups is 1. The largest absolute Gasteiger partial charge is 0.496 e. The molecule has 0 saturated carbocycles. The number of para-hydroxylation sites is 1. The molecule has 2 heterocycles. The first-order valence-corrected chi connectivity index (χ1v) is 9.46. The van der Waals surface area contributed by atoms with Gasteiger partial charge in [0.2, 0.25) is 4.96 Å². The lowest BCUT2D eigenvalue weighted by molar-refractivity contribution is -0.384. The normalized spacial score (nSPS) is 10.8. The Labute approximate surface area is 172 Å². The van der Waals surface area contributed by atoms with E-state index in [2.05, 4.69) is 15.4 Å². The Balaban J connectivity index is 1.67. The molecule has 0 bridgehead atoms. The zero-order valence-corrected chi connectivity index (χ0v) is 16.4. The quantitative estimate of drug-likeness (QED) is 0.374. The number of aromatic nitrogens is 3. The second kappa shape index (κ2) is 7.49. The van der Waals surface area contributed by atoms with Gasteiger partial charge in [-0.2, -0.15) is 4.98 Å². The number of halogens is 1. The molecule has 0 aliphatic heterocycles. The summed E-state index contributed by atoms with van der Waals surface area (Å²) in [4.78, 5) is 27.7. The van der Waals surface area contributed by atoms with E-state index in [9.17, 15) is 14.9 Å². The summed E-state index contributed by atoms with van der Waals surface area (Å²) in [7, 11) is 1.58. The molecule has 29 heavy (non-hydrogen) atoms. The highest BCUT2D eigenvalue weighted by Gasteiger charge is 2.19. The van der Waals surface area contributed by atoms with Gasteiger partial charge in [-0.15, -0.1) is 16.4 Å². The number of hydrogen-bond acceptors (Lipinski definition) is 7. The van der Waals surface area contributed by atoms with Crippen molar-refractivity contribution in [3.05, 3.63) is 68.5 Å². The van der Waals surface area contributed by atoms with Crippen LogP contribution in [0.2, 0.25) is 5.02 Å². The Kier molecular flexibility index (Phi) is 4.87. The van der Waals surface area contributed by atoms with E-state index in [4.69, 9.17) is 16.3 Å². The minimum Gasteiger partial charge on any atom is -0.496 e. The average molecular weight is 430 g/mol. The third-order valence-electron chi connectivity index (χ3n) is 4.10. The van der Waals surface area contributed by atoms with Crippen molar-refractivity contribution >= 4 is 45.4 Å². The van der Waals surface area contributed by atoms with Gasteiger partial charge < -0.3 is 4.74 Å².